The lowest BCUT2D eigenvalue weighted by molar-refractivity contribution is -0.139. The SMILES string of the molecule is Cc1cc(C)cc(C(C)NC(=O)c2cccc(OCC(=O)O)c2)c1. The Morgan fingerprint density at radius 3 is 2.42 bits per heavy atom. The van der Waals surface area contributed by atoms with Crippen LogP contribution in [0.3, 0.4) is 0 Å². The van der Waals surface area contributed by atoms with Gasteiger partial charge in [-0.2, -0.15) is 0 Å². The normalized spacial score (nSPS) is 11.6. The zero-order valence-corrected chi connectivity index (χ0v) is 14.0. The molecule has 0 spiro atoms. The summed E-state index contributed by atoms with van der Waals surface area (Å²) in [6.45, 7) is 5.53. The molecule has 0 aliphatic rings. The highest BCUT2D eigenvalue weighted by molar-refractivity contribution is 5.94. The van der Waals surface area contributed by atoms with Gasteiger partial charge in [0, 0.05) is 5.56 Å². The fourth-order valence-electron chi connectivity index (χ4n) is 2.50. The Balaban J connectivity index is 2.08. The summed E-state index contributed by atoms with van der Waals surface area (Å²) < 4.78 is 5.10. The van der Waals surface area contributed by atoms with E-state index in [4.69, 9.17) is 9.84 Å². The molecule has 2 aromatic carbocycles. The fraction of sp³-hybridized carbons (Fsp3) is 0.263. The molecule has 0 aliphatic carbocycles. The number of benzene rings is 2. The average molecular weight is 327 g/mol. The Morgan fingerprint density at radius 2 is 1.79 bits per heavy atom. The molecule has 0 bridgehead atoms. The number of nitrogens with one attached hydrogen (secondary N) is 1. The van der Waals surface area contributed by atoms with Crippen molar-refractivity contribution >= 4 is 11.9 Å². The molecule has 5 nitrogen and oxygen atoms in total. The second-order valence-electron chi connectivity index (χ2n) is 5.83. The number of carboxylic acid groups (broad SMARTS) is 1. The summed E-state index contributed by atoms with van der Waals surface area (Å²) in [7, 11) is 0. The maximum atomic E-state index is 12.4. The molecule has 0 saturated heterocycles. The van der Waals surface area contributed by atoms with Gasteiger partial charge in [0.05, 0.1) is 6.04 Å². The minimum Gasteiger partial charge on any atom is -0.482 e. The number of hydrogen-bond acceptors (Lipinski definition) is 3. The van der Waals surface area contributed by atoms with Gasteiger partial charge >= 0.3 is 5.97 Å². The lowest BCUT2D eigenvalue weighted by Gasteiger charge is -2.16. The molecule has 0 saturated carbocycles. The molecule has 0 aromatic heterocycles. The Labute approximate surface area is 141 Å². The van der Waals surface area contributed by atoms with Crippen molar-refractivity contribution in [1.82, 2.24) is 5.32 Å². The third kappa shape index (κ3) is 4.84. The third-order valence-electron chi connectivity index (χ3n) is 3.55. The number of hydrogen-bond donors (Lipinski definition) is 2. The Morgan fingerprint density at radius 1 is 1.12 bits per heavy atom. The summed E-state index contributed by atoms with van der Waals surface area (Å²) in [4.78, 5) is 23.0. The lowest BCUT2D eigenvalue weighted by atomic mass is 10.0. The number of aryl methyl sites for hydroxylation is 2. The standard InChI is InChI=1S/C19H21NO4/c1-12-7-13(2)9-16(8-12)14(3)20-19(23)15-5-4-6-17(10-15)24-11-18(21)22/h4-10,14H,11H2,1-3H3,(H,20,23)(H,21,22). The molecule has 0 heterocycles. The Hall–Kier alpha value is -2.82. The van der Waals surface area contributed by atoms with Gasteiger partial charge in [-0.1, -0.05) is 35.4 Å². The molecule has 1 amide bonds. The van der Waals surface area contributed by atoms with Crippen molar-refractivity contribution in [3.8, 4) is 5.75 Å². The minimum atomic E-state index is -1.06. The number of carbonyl (C=O) groups is 2. The van der Waals surface area contributed by atoms with Gasteiger partial charge in [-0.3, -0.25) is 4.79 Å². The maximum Gasteiger partial charge on any atom is 0.341 e. The summed E-state index contributed by atoms with van der Waals surface area (Å²) in [5, 5.41) is 11.6. The van der Waals surface area contributed by atoms with E-state index in [9.17, 15) is 9.59 Å². The average Bonchev–Trinajstić information content (AvgIpc) is 2.52. The van der Waals surface area contributed by atoms with Crippen molar-refractivity contribution in [2.24, 2.45) is 0 Å². The van der Waals surface area contributed by atoms with E-state index in [-0.39, 0.29) is 11.9 Å². The monoisotopic (exact) mass is 327 g/mol. The predicted molar refractivity (Wildman–Crippen MR) is 91.4 cm³/mol. The highest BCUT2D eigenvalue weighted by atomic mass is 16.5. The van der Waals surface area contributed by atoms with Gasteiger partial charge < -0.3 is 15.2 Å². The van der Waals surface area contributed by atoms with Gasteiger partial charge in [0.15, 0.2) is 6.61 Å². The van der Waals surface area contributed by atoms with Crippen LogP contribution >= 0.6 is 0 Å². The first-order valence-corrected chi connectivity index (χ1v) is 7.69. The van der Waals surface area contributed by atoms with Gasteiger partial charge in [0.25, 0.3) is 5.91 Å². The van der Waals surface area contributed by atoms with Crippen LogP contribution in [0.5, 0.6) is 5.75 Å². The Kier molecular flexibility index (Phi) is 5.58. The fourth-order valence-corrected chi connectivity index (χ4v) is 2.50. The smallest absolute Gasteiger partial charge is 0.341 e. The summed E-state index contributed by atoms with van der Waals surface area (Å²) in [6.07, 6.45) is 0. The van der Waals surface area contributed by atoms with Crippen molar-refractivity contribution in [2.75, 3.05) is 6.61 Å². The van der Waals surface area contributed by atoms with E-state index in [1.807, 2.05) is 32.9 Å². The van der Waals surface area contributed by atoms with Crippen LogP contribution in [0.2, 0.25) is 0 Å². The molecule has 1 atom stereocenters. The molecule has 126 valence electrons. The van der Waals surface area contributed by atoms with Crippen molar-refractivity contribution in [1.29, 1.82) is 0 Å². The van der Waals surface area contributed by atoms with E-state index >= 15 is 0 Å². The second-order valence-corrected chi connectivity index (χ2v) is 5.83. The first kappa shape index (κ1) is 17.5. The summed E-state index contributed by atoms with van der Waals surface area (Å²) >= 11 is 0. The second kappa shape index (κ2) is 7.64. The van der Waals surface area contributed by atoms with E-state index in [2.05, 4.69) is 11.4 Å². The number of carbonyl (C=O) groups excluding carboxylic acids is 1. The van der Waals surface area contributed by atoms with Gasteiger partial charge in [0.1, 0.15) is 5.75 Å². The van der Waals surface area contributed by atoms with Gasteiger partial charge in [-0.15, -0.1) is 0 Å². The molecule has 1 unspecified atom stereocenters. The molecule has 5 heteroatoms. The Bertz CT molecular complexity index is 735. The van der Waals surface area contributed by atoms with Crippen molar-refractivity contribution in [3.63, 3.8) is 0 Å². The molecular formula is C19H21NO4. The van der Waals surface area contributed by atoms with E-state index in [1.54, 1.807) is 18.2 Å². The first-order chi connectivity index (χ1) is 11.3. The maximum absolute atomic E-state index is 12.4. The topological polar surface area (TPSA) is 75.6 Å². The van der Waals surface area contributed by atoms with Crippen LogP contribution in [-0.2, 0) is 4.79 Å². The van der Waals surface area contributed by atoms with Gasteiger partial charge in [-0.25, -0.2) is 4.79 Å². The van der Waals surface area contributed by atoms with Crippen LogP contribution in [0.15, 0.2) is 42.5 Å². The molecule has 24 heavy (non-hydrogen) atoms. The van der Waals surface area contributed by atoms with Crippen molar-refractivity contribution in [3.05, 3.63) is 64.7 Å². The summed E-state index contributed by atoms with van der Waals surface area (Å²) in [5.41, 5.74) is 3.76. The summed E-state index contributed by atoms with van der Waals surface area (Å²) in [5.74, 6) is -0.945. The summed E-state index contributed by atoms with van der Waals surface area (Å²) in [6, 6.07) is 12.5. The van der Waals surface area contributed by atoms with Crippen LogP contribution in [0.4, 0.5) is 0 Å². The number of ether oxygens (including phenoxy) is 1. The van der Waals surface area contributed by atoms with E-state index in [0.717, 1.165) is 16.7 Å². The zero-order chi connectivity index (χ0) is 17.7. The van der Waals surface area contributed by atoms with Crippen LogP contribution in [0.1, 0.15) is 40.0 Å². The van der Waals surface area contributed by atoms with Crippen LogP contribution in [0, 0.1) is 13.8 Å². The number of amides is 1. The van der Waals surface area contributed by atoms with Crippen LogP contribution in [-0.4, -0.2) is 23.6 Å². The molecular weight excluding hydrogens is 306 g/mol. The first-order valence-electron chi connectivity index (χ1n) is 7.69. The molecule has 0 aliphatic heterocycles. The van der Waals surface area contributed by atoms with Crippen LogP contribution in [0.25, 0.3) is 0 Å². The van der Waals surface area contributed by atoms with Crippen molar-refractivity contribution < 1.29 is 19.4 Å². The molecule has 0 radical (unpaired) electrons. The van der Waals surface area contributed by atoms with Gasteiger partial charge in [-0.05, 0) is 44.5 Å². The molecule has 0 fully saturated rings. The molecule has 2 rings (SSSR count). The largest absolute Gasteiger partial charge is 0.482 e. The number of aliphatic carboxylic acids is 1. The highest BCUT2D eigenvalue weighted by Crippen LogP contribution is 2.18. The molecule has 2 N–H and O–H groups in total. The number of carboxylic acids is 1. The van der Waals surface area contributed by atoms with Crippen LogP contribution < -0.4 is 10.1 Å². The van der Waals surface area contributed by atoms with E-state index in [0.29, 0.717) is 11.3 Å². The zero-order valence-electron chi connectivity index (χ0n) is 14.0. The lowest BCUT2D eigenvalue weighted by Crippen LogP contribution is -2.26. The number of rotatable bonds is 6. The third-order valence-corrected chi connectivity index (χ3v) is 3.55. The minimum absolute atomic E-state index is 0.139. The quantitative estimate of drug-likeness (QED) is 0.854. The van der Waals surface area contributed by atoms with Crippen molar-refractivity contribution in [2.45, 2.75) is 26.8 Å². The molecule has 2 aromatic rings. The van der Waals surface area contributed by atoms with Gasteiger partial charge in [0.2, 0.25) is 0 Å². The van der Waals surface area contributed by atoms with E-state index < -0.39 is 12.6 Å². The highest BCUT2D eigenvalue weighted by Gasteiger charge is 2.13. The predicted octanol–water partition coefficient (Wildman–Crippen LogP) is 3.26. The van der Waals surface area contributed by atoms with E-state index in [1.165, 1.54) is 6.07 Å².